The standard InChI is InChI=1S/C14H15FN2O2/c1-9(18)11-8-17(7-3-6-13(16)19)14-10(11)4-2-5-12(14)15/h2,4-5,8H,3,6-7H2,1H3,(H2,16,19). The predicted molar refractivity (Wildman–Crippen MR) is 70.3 cm³/mol. The van der Waals surface area contributed by atoms with Crippen LogP contribution < -0.4 is 5.73 Å². The van der Waals surface area contributed by atoms with Crippen LogP contribution in [0, 0.1) is 5.82 Å². The topological polar surface area (TPSA) is 65.1 Å². The number of ketones is 1. The summed E-state index contributed by atoms with van der Waals surface area (Å²) >= 11 is 0. The van der Waals surface area contributed by atoms with Crippen LogP contribution in [0.3, 0.4) is 0 Å². The number of nitrogens with zero attached hydrogens (tertiary/aromatic N) is 1. The molecule has 0 aliphatic rings. The number of nitrogens with two attached hydrogens (primary N) is 1. The molecule has 1 aromatic carbocycles. The van der Waals surface area contributed by atoms with Crippen LogP contribution in [0.2, 0.25) is 0 Å². The summed E-state index contributed by atoms with van der Waals surface area (Å²) in [6.07, 6.45) is 2.39. The summed E-state index contributed by atoms with van der Waals surface area (Å²) in [5.74, 6) is -0.864. The monoisotopic (exact) mass is 262 g/mol. The van der Waals surface area contributed by atoms with Crippen LogP contribution >= 0.6 is 0 Å². The van der Waals surface area contributed by atoms with Gasteiger partial charge in [-0.3, -0.25) is 9.59 Å². The minimum absolute atomic E-state index is 0.107. The second-order valence-corrected chi connectivity index (χ2v) is 4.50. The lowest BCUT2D eigenvalue weighted by Gasteiger charge is -2.04. The average molecular weight is 262 g/mol. The Morgan fingerprint density at radius 1 is 1.37 bits per heavy atom. The molecule has 0 fully saturated rings. The Labute approximate surface area is 110 Å². The number of hydrogen-bond donors (Lipinski definition) is 1. The molecule has 0 aliphatic heterocycles. The van der Waals surface area contributed by atoms with Crippen molar-refractivity contribution in [3.63, 3.8) is 0 Å². The summed E-state index contributed by atoms with van der Waals surface area (Å²) in [5.41, 5.74) is 5.97. The molecule has 1 amide bonds. The summed E-state index contributed by atoms with van der Waals surface area (Å²) < 4.78 is 15.6. The van der Waals surface area contributed by atoms with E-state index in [2.05, 4.69) is 0 Å². The Morgan fingerprint density at radius 2 is 2.11 bits per heavy atom. The van der Waals surface area contributed by atoms with Crippen molar-refractivity contribution in [2.45, 2.75) is 26.3 Å². The lowest BCUT2D eigenvalue weighted by molar-refractivity contribution is -0.118. The fourth-order valence-electron chi connectivity index (χ4n) is 2.20. The van der Waals surface area contributed by atoms with Crippen molar-refractivity contribution in [1.82, 2.24) is 4.57 Å². The number of Topliss-reactive ketones (excluding diaryl/α,β-unsaturated/α-hetero) is 1. The largest absolute Gasteiger partial charge is 0.370 e. The van der Waals surface area contributed by atoms with Gasteiger partial charge in [0.05, 0.1) is 5.52 Å². The van der Waals surface area contributed by atoms with Gasteiger partial charge in [-0.2, -0.15) is 0 Å². The highest BCUT2D eigenvalue weighted by Crippen LogP contribution is 2.24. The van der Waals surface area contributed by atoms with Crippen molar-refractivity contribution in [2.24, 2.45) is 5.73 Å². The third-order valence-corrected chi connectivity index (χ3v) is 3.05. The smallest absolute Gasteiger partial charge is 0.217 e. The van der Waals surface area contributed by atoms with Gasteiger partial charge in [-0.05, 0) is 19.4 Å². The summed E-state index contributed by atoms with van der Waals surface area (Å²) in [7, 11) is 0. The van der Waals surface area contributed by atoms with Gasteiger partial charge >= 0.3 is 0 Å². The summed E-state index contributed by atoms with van der Waals surface area (Å²) in [4.78, 5) is 22.3. The van der Waals surface area contributed by atoms with Gasteiger partial charge in [0.15, 0.2) is 5.78 Å². The van der Waals surface area contributed by atoms with Gasteiger partial charge in [0.1, 0.15) is 5.82 Å². The lowest BCUT2D eigenvalue weighted by atomic mass is 10.1. The van der Waals surface area contributed by atoms with E-state index < -0.39 is 0 Å². The van der Waals surface area contributed by atoms with E-state index in [4.69, 9.17) is 5.73 Å². The zero-order valence-electron chi connectivity index (χ0n) is 10.6. The van der Waals surface area contributed by atoms with Gasteiger partial charge in [0.2, 0.25) is 5.91 Å². The Morgan fingerprint density at radius 3 is 2.74 bits per heavy atom. The maximum atomic E-state index is 13.9. The zero-order valence-corrected chi connectivity index (χ0v) is 10.6. The Bertz CT molecular complexity index is 646. The van der Waals surface area contributed by atoms with Crippen LogP contribution in [-0.2, 0) is 11.3 Å². The van der Waals surface area contributed by atoms with Crippen LogP contribution in [0.15, 0.2) is 24.4 Å². The third kappa shape index (κ3) is 2.65. The van der Waals surface area contributed by atoms with E-state index >= 15 is 0 Å². The first-order valence-electron chi connectivity index (χ1n) is 6.07. The molecule has 2 rings (SSSR count). The number of halogens is 1. The predicted octanol–water partition coefficient (Wildman–Crippen LogP) is 2.25. The van der Waals surface area contributed by atoms with Gasteiger partial charge in [0.25, 0.3) is 0 Å². The SMILES string of the molecule is CC(=O)c1cn(CCCC(N)=O)c2c(F)cccc12. The van der Waals surface area contributed by atoms with Crippen LogP contribution in [-0.4, -0.2) is 16.3 Å². The molecule has 0 radical (unpaired) electrons. The molecule has 0 saturated heterocycles. The molecule has 2 N–H and O–H groups in total. The number of para-hydroxylation sites is 1. The molecule has 0 aliphatic carbocycles. The first-order chi connectivity index (χ1) is 9.00. The third-order valence-electron chi connectivity index (χ3n) is 3.05. The highest BCUT2D eigenvalue weighted by atomic mass is 19.1. The van der Waals surface area contributed by atoms with Crippen LogP contribution in [0.25, 0.3) is 10.9 Å². The van der Waals surface area contributed by atoms with Crippen molar-refractivity contribution in [2.75, 3.05) is 0 Å². The Balaban J connectivity index is 2.43. The maximum Gasteiger partial charge on any atom is 0.217 e. The van der Waals surface area contributed by atoms with Crippen molar-refractivity contribution in [3.8, 4) is 0 Å². The number of carbonyl (C=O) groups is 2. The summed E-state index contributed by atoms with van der Waals surface area (Å²) in [5, 5.41) is 0.603. The number of amides is 1. The molecule has 0 saturated carbocycles. The van der Waals surface area contributed by atoms with Crippen molar-refractivity contribution in [3.05, 3.63) is 35.8 Å². The van der Waals surface area contributed by atoms with Crippen molar-refractivity contribution in [1.29, 1.82) is 0 Å². The number of benzene rings is 1. The van der Waals surface area contributed by atoms with Crippen LogP contribution in [0.5, 0.6) is 0 Å². The van der Waals surface area contributed by atoms with Crippen molar-refractivity contribution < 1.29 is 14.0 Å². The van der Waals surface area contributed by atoms with E-state index in [-0.39, 0.29) is 23.9 Å². The van der Waals surface area contributed by atoms with Gasteiger partial charge in [0, 0.05) is 30.1 Å². The minimum Gasteiger partial charge on any atom is -0.370 e. The summed E-state index contributed by atoms with van der Waals surface area (Å²) in [6.45, 7) is 1.90. The average Bonchev–Trinajstić information content (AvgIpc) is 2.69. The molecule has 4 nitrogen and oxygen atoms in total. The van der Waals surface area contributed by atoms with Crippen LogP contribution in [0.1, 0.15) is 30.1 Å². The molecule has 0 bridgehead atoms. The molecule has 0 spiro atoms. The number of carbonyl (C=O) groups excluding carboxylic acids is 2. The van der Waals surface area contributed by atoms with Crippen LogP contribution in [0.4, 0.5) is 4.39 Å². The van der Waals surface area contributed by atoms with E-state index in [1.165, 1.54) is 13.0 Å². The molecular formula is C14H15FN2O2. The van der Waals surface area contributed by atoms with E-state index in [1.807, 2.05) is 0 Å². The fraction of sp³-hybridized carbons (Fsp3) is 0.286. The highest BCUT2D eigenvalue weighted by molar-refractivity contribution is 6.07. The molecule has 19 heavy (non-hydrogen) atoms. The number of hydrogen-bond acceptors (Lipinski definition) is 2. The quantitative estimate of drug-likeness (QED) is 0.840. The molecular weight excluding hydrogens is 247 g/mol. The van der Waals surface area contributed by atoms with Gasteiger partial charge < -0.3 is 10.3 Å². The van der Waals surface area contributed by atoms with E-state index in [1.54, 1.807) is 22.9 Å². The molecule has 1 heterocycles. The number of aromatic nitrogens is 1. The summed E-state index contributed by atoms with van der Waals surface area (Å²) in [6, 6.07) is 4.66. The first-order valence-corrected chi connectivity index (χ1v) is 6.07. The number of aryl methyl sites for hydroxylation is 1. The van der Waals surface area contributed by atoms with E-state index in [9.17, 15) is 14.0 Å². The number of fused-ring (bicyclic) bond motifs is 1. The Hall–Kier alpha value is -2.17. The van der Waals surface area contributed by atoms with Gasteiger partial charge in [-0.15, -0.1) is 0 Å². The molecule has 5 heteroatoms. The second kappa shape index (κ2) is 5.22. The molecule has 100 valence electrons. The Kier molecular flexibility index (Phi) is 3.64. The normalized spacial score (nSPS) is 10.8. The molecule has 0 atom stereocenters. The van der Waals surface area contributed by atoms with Crippen molar-refractivity contribution >= 4 is 22.6 Å². The van der Waals surface area contributed by atoms with E-state index in [0.29, 0.717) is 29.4 Å². The lowest BCUT2D eigenvalue weighted by Crippen LogP contribution is -2.11. The number of rotatable bonds is 5. The molecule has 1 aromatic heterocycles. The first kappa shape index (κ1) is 13.3. The van der Waals surface area contributed by atoms with Gasteiger partial charge in [-0.1, -0.05) is 12.1 Å². The van der Waals surface area contributed by atoms with E-state index in [0.717, 1.165) is 0 Å². The maximum absolute atomic E-state index is 13.9. The highest BCUT2D eigenvalue weighted by Gasteiger charge is 2.14. The zero-order chi connectivity index (χ0) is 14.0. The number of primary amides is 1. The fourth-order valence-corrected chi connectivity index (χ4v) is 2.20. The van der Waals surface area contributed by atoms with Gasteiger partial charge in [-0.25, -0.2) is 4.39 Å². The molecule has 2 aromatic rings. The minimum atomic E-state index is -0.385. The second-order valence-electron chi connectivity index (χ2n) is 4.50. The molecule has 0 unspecified atom stereocenters.